The Morgan fingerprint density at radius 3 is 2.59 bits per heavy atom. The van der Waals surface area contributed by atoms with Gasteiger partial charge in [0.1, 0.15) is 12.4 Å². The maximum absolute atomic E-state index is 6.25. The Bertz CT molecular complexity index is 878. The summed E-state index contributed by atoms with van der Waals surface area (Å²) in [5, 5.41) is 8.54. The second-order valence-electron chi connectivity index (χ2n) is 6.78. The van der Waals surface area contributed by atoms with Crippen LogP contribution in [0.2, 0.25) is 5.02 Å². The third-order valence-corrected chi connectivity index (χ3v) is 4.99. The molecular weight excluding hydrogens is 364 g/mol. The number of hydrogen-bond donors (Lipinski definition) is 1. The van der Waals surface area contributed by atoms with Gasteiger partial charge in [-0.25, -0.2) is 0 Å². The van der Waals surface area contributed by atoms with Crippen molar-refractivity contribution in [3.63, 3.8) is 0 Å². The molecule has 1 aliphatic rings. The van der Waals surface area contributed by atoms with Gasteiger partial charge in [-0.05, 0) is 23.8 Å². The lowest BCUT2D eigenvalue weighted by Gasteiger charge is -2.42. The van der Waals surface area contributed by atoms with Gasteiger partial charge in [0.15, 0.2) is 5.76 Å². The first-order valence-electron chi connectivity index (χ1n) is 8.91. The fourth-order valence-electron chi connectivity index (χ4n) is 3.06. The Kier molecular flexibility index (Phi) is 5.43. The van der Waals surface area contributed by atoms with Crippen molar-refractivity contribution in [2.45, 2.75) is 25.1 Å². The molecule has 0 atom stereocenters. The van der Waals surface area contributed by atoms with Gasteiger partial charge in [-0.3, -0.25) is 0 Å². The lowest BCUT2D eigenvalue weighted by Crippen LogP contribution is -2.61. The van der Waals surface area contributed by atoms with Gasteiger partial charge < -0.3 is 19.3 Å². The molecule has 3 aromatic rings. The molecule has 1 N–H and O–H groups in total. The summed E-state index contributed by atoms with van der Waals surface area (Å²) in [5.74, 6) is 1.51. The average Bonchev–Trinajstić information content (AvgIpc) is 3.11. The van der Waals surface area contributed by atoms with E-state index in [1.54, 1.807) is 0 Å². The molecule has 140 valence electrons. The van der Waals surface area contributed by atoms with Crippen molar-refractivity contribution in [1.82, 2.24) is 10.5 Å². The molecule has 1 fully saturated rings. The zero-order valence-electron chi connectivity index (χ0n) is 14.9. The molecule has 0 aliphatic carbocycles. The number of benzene rings is 2. The Balaban J connectivity index is 1.34. The number of nitrogens with one attached hydrogen (secondary N) is 1. The van der Waals surface area contributed by atoms with E-state index in [1.165, 1.54) is 0 Å². The third kappa shape index (κ3) is 4.50. The molecule has 0 unspecified atom stereocenters. The predicted molar refractivity (Wildman–Crippen MR) is 103 cm³/mol. The van der Waals surface area contributed by atoms with E-state index in [0.717, 1.165) is 28.5 Å². The van der Waals surface area contributed by atoms with E-state index < -0.39 is 0 Å². The van der Waals surface area contributed by atoms with Gasteiger partial charge >= 0.3 is 0 Å². The van der Waals surface area contributed by atoms with E-state index in [0.29, 0.717) is 32.1 Å². The Morgan fingerprint density at radius 1 is 1.07 bits per heavy atom. The number of para-hydroxylation sites is 1. The summed E-state index contributed by atoms with van der Waals surface area (Å²) in [5.41, 5.74) is 1.81. The molecule has 1 aliphatic heterocycles. The molecule has 0 bridgehead atoms. The quantitative estimate of drug-likeness (QED) is 0.636. The molecule has 2 aromatic carbocycles. The number of hydrogen-bond acceptors (Lipinski definition) is 5. The standard InChI is InChI=1S/C21H21ClN2O3/c22-20-9-5-4-6-16(20)12-23-21(14-25-15-21)11-17-10-19(27-24-17)13-26-18-7-2-1-3-8-18/h1-10,23H,11-15H2. The minimum atomic E-state index is -0.145. The van der Waals surface area contributed by atoms with Gasteiger partial charge in [-0.1, -0.05) is 53.2 Å². The second kappa shape index (κ2) is 8.13. The van der Waals surface area contributed by atoms with Crippen molar-refractivity contribution in [1.29, 1.82) is 0 Å². The van der Waals surface area contributed by atoms with Crippen LogP contribution in [0.3, 0.4) is 0 Å². The molecule has 0 spiro atoms. The summed E-state index contributed by atoms with van der Waals surface area (Å²) in [4.78, 5) is 0. The number of aromatic nitrogens is 1. The van der Waals surface area contributed by atoms with Crippen LogP contribution in [0, 0.1) is 0 Å². The van der Waals surface area contributed by atoms with Crippen LogP contribution in [0.4, 0.5) is 0 Å². The van der Waals surface area contributed by atoms with Crippen LogP contribution in [0.5, 0.6) is 5.75 Å². The first-order chi connectivity index (χ1) is 13.2. The van der Waals surface area contributed by atoms with Crippen molar-refractivity contribution in [3.8, 4) is 5.75 Å². The van der Waals surface area contributed by atoms with Crippen LogP contribution in [0.1, 0.15) is 17.0 Å². The fourth-order valence-corrected chi connectivity index (χ4v) is 3.27. The zero-order valence-corrected chi connectivity index (χ0v) is 15.6. The predicted octanol–water partition coefficient (Wildman–Crippen LogP) is 4.01. The van der Waals surface area contributed by atoms with Gasteiger partial charge in [0.05, 0.1) is 24.4 Å². The van der Waals surface area contributed by atoms with E-state index in [2.05, 4.69) is 10.5 Å². The first kappa shape index (κ1) is 18.0. The van der Waals surface area contributed by atoms with Crippen LogP contribution in [-0.2, 0) is 24.3 Å². The van der Waals surface area contributed by atoms with Crippen LogP contribution in [-0.4, -0.2) is 23.9 Å². The van der Waals surface area contributed by atoms with Crippen LogP contribution in [0.25, 0.3) is 0 Å². The summed E-state index contributed by atoms with van der Waals surface area (Å²) >= 11 is 6.25. The summed E-state index contributed by atoms with van der Waals surface area (Å²) in [6.07, 6.45) is 0.728. The number of ether oxygens (including phenoxy) is 2. The maximum atomic E-state index is 6.25. The molecule has 0 amide bonds. The summed E-state index contributed by atoms with van der Waals surface area (Å²) < 4.78 is 16.6. The molecule has 27 heavy (non-hydrogen) atoms. The Hall–Kier alpha value is -2.34. The molecule has 5 nitrogen and oxygen atoms in total. The van der Waals surface area contributed by atoms with Crippen molar-refractivity contribution >= 4 is 11.6 Å². The molecule has 2 heterocycles. The van der Waals surface area contributed by atoms with Crippen molar-refractivity contribution in [2.75, 3.05) is 13.2 Å². The highest BCUT2D eigenvalue weighted by molar-refractivity contribution is 6.31. The summed E-state index contributed by atoms with van der Waals surface area (Å²) in [7, 11) is 0. The van der Waals surface area contributed by atoms with Crippen molar-refractivity contribution in [3.05, 3.63) is 82.7 Å². The number of nitrogens with zero attached hydrogens (tertiary/aromatic N) is 1. The van der Waals surface area contributed by atoms with Gasteiger partial charge in [0.25, 0.3) is 0 Å². The van der Waals surface area contributed by atoms with Crippen LogP contribution in [0.15, 0.2) is 65.2 Å². The molecule has 1 aromatic heterocycles. The van der Waals surface area contributed by atoms with Crippen molar-refractivity contribution in [2.24, 2.45) is 0 Å². The molecule has 0 radical (unpaired) electrons. The minimum Gasteiger partial charge on any atom is -0.486 e. The van der Waals surface area contributed by atoms with Gasteiger partial charge in [0, 0.05) is 24.1 Å². The van der Waals surface area contributed by atoms with E-state index in [-0.39, 0.29) is 5.54 Å². The number of rotatable bonds is 8. The lowest BCUT2D eigenvalue weighted by molar-refractivity contribution is -0.0755. The van der Waals surface area contributed by atoms with E-state index in [9.17, 15) is 0 Å². The zero-order chi connectivity index (χ0) is 18.5. The summed E-state index contributed by atoms with van der Waals surface area (Å²) in [6, 6.07) is 19.4. The monoisotopic (exact) mass is 384 g/mol. The normalized spacial score (nSPS) is 15.3. The average molecular weight is 385 g/mol. The minimum absolute atomic E-state index is 0.145. The van der Waals surface area contributed by atoms with Gasteiger partial charge in [-0.15, -0.1) is 0 Å². The second-order valence-corrected chi connectivity index (χ2v) is 7.19. The van der Waals surface area contributed by atoms with Gasteiger partial charge in [0.2, 0.25) is 0 Å². The topological polar surface area (TPSA) is 56.5 Å². The molecule has 0 saturated carbocycles. The van der Waals surface area contributed by atoms with Gasteiger partial charge in [-0.2, -0.15) is 0 Å². The SMILES string of the molecule is Clc1ccccc1CNC1(Cc2cc(COc3ccccc3)on2)COC1. The maximum Gasteiger partial charge on any atom is 0.174 e. The van der Waals surface area contributed by atoms with E-state index in [1.807, 2.05) is 60.7 Å². The molecule has 1 saturated heterocycles. The molecular formula is C21H21ClN2O3. The molecule has 4 rings (SSSR count). The largest absolute Gasteiger partial charge is 0.486 e. The summed E-state index contributed by atoms with van der Waals surface area (Å²) in [6.45, 7) is 2.32. The third-order valence-electron chi connectivity index (χ3n) is 4.62. The first-order valence-corrected chi connectivity index (χ1v) is 9.29. The lowest BCUT2D eigenvalue weighted by atomic mass is 9.91. The Morgan fingerprint density at radius 2 is 1.85 bits per heavy atom. The smallest absolute Gasteiger partial charge is 0.174 e. The van der Waals surface area contributed by atoms with E-state index >= 15 is 0 Å². The van der Waals surface area contributed by atoms with Crippen molar-refractivity contribution < 1.29 is 14.0 Å². The highest BCUT2D eigenvalue weighted by atomic mass is 35.5. The van der Waals surface area contributed by atoms with Crippen LogP contribution < -0.4 is 10.1 Å². The highest BCUT2D eigenvalue weighted by Gasteiger charge is 2.39. The highest BCUT2D eigenvalue weighted by Crippen LogP contribution is 2.25. The fraction of sp³-hybridized carbons (Fsp3) is 0.286. The van der Waals surface area contributed by atoms with Crippen LogP contribution >= 0.6 is 11.6 Å². The Labute approximate surface area is 163 Å². The van der Waals surface area contributed by atoms with E-state index in [4.69, 9.17) is 25.6 Å². The number of halogens is 1. The molecule has 6 heteroatoms.